The topological polar surface area (TPSA) is 0 Å². The summed E-state index contributed by atoms with van der Waals surface area (Å²) in [7, 11) is 0. The van der Waals surface area contributed by atoms with Gasteiger partial charge in [0.1, 0.15) is 0 Å². The highest BCUT2D eigenvalue weighted by molar-refractivity contribution is 9.09. The number of benzene rings is 6. The van der Waals surface area contributed by atoms with Crippen molar-refractivity contribution in [3.8, 4) is 33.4 Å². The Hall–Kier alpha value is -3.68. The highest BCUT2D eigenvalue weighted by Gasteiger charge is 2.36. The lowest BCUT2D eigenvalue weighted by molar-refractivity contribution is 0.660. The van der Waals surface area contributed by atoms with Crippen LogP contribution in [0.3, 0.4) is 0 Å². The Morgan fingerprint density at radius 2 is 1.05 bits per heavy atom. The van der Waals surface area contributed by atoms with Crippen molar-refractivity contribution in [3.05, 3.63) is 132 Å². The molecular weight excluding hydrogens is 524 g/mol. The lowest BCUT2D eigenvalue weighted by Gasteiger charge is -2.24. The van der Waals surface area contributed by atoms with Crippen LogP contribution >= 0.6 is 15.9 Å². The van der Waals surface area contributed by atoms with Gasteiger partial charge in [0, 0.05) is 10.7 Å². The van der Waals surface area contributed by atoms with Crippen molar-refractivity contribution in [2.75, 3.05) is 5.33 Å². The molecule has 0 heterocycles. The van der Waals surface area contributed by atoms with Crippen LogP contribution in [0.2, 0.25) is 0 Å². The van der Waals surface area contributed by atoms with Gasteiger partial charge in [-0.1, -0.05) is 133 Å². The van der Waals surface area contributed by atoms with E-state index in [0.29, 0.717) is 0 Å². The summed E-state index contributed by atoms with van der Waals surface area (Å²) in [6.45, 7) is 4.78. The molecule has 0 fully saturated rings. The third-order valence-corrected chi connectivity index (χ3v) is 8.79. The maximum absolute atomic E-state index is 3.63. The molecule has 184 valence electrons. The van der Waals surface area contributed by atoms with E-state index in [9.17, 15) is 0 Å². The fraction of sp³-hybridized carbons (Fsp3) is 0.135. The van der Waals surface area contributed by atoms with E-state index < -0.39 is 0 Å². The summed E-state index contributed by atoms with van der Waals surface area (Å²) in [5.41, 5.74) is 12.1. The average molecular weight is 554 g/mol. The quantitative estimate of drug-likeness (QED) is 0.150. The predicted octanol–water partition coefficient (Wildman–Crippen LogP) is 10.6. The standard InChI is InChI=1S/C37H29Br/c1-37(2)33-21-24(19-20-38)17-18-27(33)30-22-31-32(23-34(30)37)36(26-13-7-4-8-14-26)29-16-10-9-15-28(29)35(31)25-11-5-3-6-12-25/h3-18,21-23H,19-20H2,1-2H3. The molecule has 7 rings (SSSR count). The first-order valence-corrected chi connectivity index (χ1v) is 14.5. The van der Waals surface area contributed by atoms with Crippen LogP contribution in [0, 0.1) is 0 Å². The number of alkyl halides is 1. The van der Waals surface area contributed by atoms with Crippen molar-refractivity contribution in [2.24, 2.45) is 0 Å². The van der Waals surface area contributed by atoms with Gasteiger partial charge in [-0.25, -0.2) is 0 Å². The van der Waals surface area contributed by atoms with E-state index >= 15 is 0 Å². The lowest BCUT2D eigenvalue weighted by atomic mass is 9.79. The van der Waals surface area contributed by atoms with Crippen molar-refractivity contribution < 1.29 is 0 Å². The molecule has 1 aliphatic carbocycles. The highest BCUT2D eigenvalue weighted by Crippen LogP contribution is 2.53. The zero-order valence-corrected chi connectivity index (χ0v) is 23.3. The first-order chi connectivity index (χ1) is 18.6. The maximum Gasteiger partial charge on any atom is 0.0159 e. The summed E-state index contributed by atoms with van der Waals surface area (Å²) in [5, 5.41) is 6.24. The molecule has 0 atom stereocenters. The van der Waals surface area contributed by atoms with Gasteiger partial charge in [0.15, 0.2) is 0 Å². The molecule has 0 amide bonds. The molecule has 0 bridgehead atoms. The number of hydrogen-bond donors (Lipinski definition) is 0. The van der Waals surface area contributed by atoms with Crippen LogP contribution in [0.25, 0.3) is 54.9 Å². The van der Waals surface area contributed by atoms with E-state index in [4.69, 9.17) is 0 Å². The first kappa shape index (κ1) is 23.4. The molecule has 0 saturated heterocycles. The van der Waals surface area contributed by atoms with E-state index in [1.807, 2.05) is 0 Å². The van der Waals surface area contributed by atoms with E-state index in [1.54, 1.807) is 0 Å². The second-order valence-corrected chi connectivity index (χ2v) is 11.7. The van der Waals surface area contributed by atoms with Crippen LogP contribution in [0.15, 0.2) is 115 Å². The van der Waals surface area contributed by atoms with Crippen molar-refractivity contribution in [1.29, 1.82) is 0 Å². The van der Waals surface area contributed by atoms with Gasteiger partial charge in [0.25, 0.3) is 0 Å². The monoisotopic (exact) mass is 552 g/mol. The molecule has 1 heteroatoms. The summed E-state index contributed by atoms with van der Waals surface area (Å²) in [5.74, 6) is 0. The SMILES string of the molecule is CC1(C)c2cc(CCBr)ccc2-c2cc3c(-c4ccccc4)c4ccccc4c(-c4ccccc4)c3cc21. The van der Waals surface area contributed by atoms with Gasteiger partial charge in [-0.2, -0.15) is 0 Å². The molecular formula is C37H29Br. The summed E-state index contributed by atoms with van der Waals surface area (Å²) in [6.07, 6.45) is 1.05. The Morgan fingerprint density at radius 3 is 1.63 bits per heavy atom. The molecule has 0 radical (unpaired) electrons. The van der Waals surface area contributed by atoms with Crippen LogP contribution in [0.5, 0.6) is 0 Å². The van der Waals surface area contributed by atoms with Gasteiger partial charge in [0.05, 0.1) is 0 Å². The second kappa shape index (κ2) is 8.96. The minimum Gasteiger partial charge on any atom is -0.0924 e. The van der Waals surface area contributed by atoms with Crippen LogP contribution in [-0.2, 0) is 11.8 Å². The summed E-state index contributed by atoms with van der Waals surface area (Å²) in [4.78, 5) is 0. The summed E-state index contributed by atoms with van der Waals surface area (Å²) < 4.78 is 0. The van der Waals surface area contributed by atoms with E-state index in [-0.39, 0.29) is 5.41 Å². The minimum atomic E-state index is -0.0618. The fourth-order valence-corrected chi connectivity index (χ4v) is 7.01. The van der Waals surface area contributed by atoms with Crippen molar-refractivity contribution in [3.63, 3.8) is 0 Å². The smallest absolute Gasteiger partial charge is 0.0159 e. The van der Waals surface area contributed by atoms with E-state index in [0.717, 1.165) is 11.8 Å². The molecule has 0 unspecified atom stereocenters. The third kappa shape index (κ3) is 3.49. The van der Waals surface area contributed by atoms with Crippen molar-refractivity contribution >= 4 is 37.5 Å². The molecule has 0 aromatic heterocycles. The van der Waals surface area contributed by atoms with Crippen molar-refractivity contribution in [2.45, 2.75) is 25.7 Å². The van der Waals surface area contributed by atoms with Crippen LogP contribution in [0.1, 0.15) is 30.5 Å². The number of fused-ring (bicyclic) bond motifs is 5. The molecule has 0 N–H and O–H groups in total. The summed E-state index contributed by atoms with van der Waals surface area (Å²) in [6, 6.07) is 42.9. The van der Waals surface area contributed by atoms with Gasteiger partial charge in [-0.05, 0) is 90.2 Å². The zero-order valence-electron chi connectivity index (χ0n) is 21.8. The van der Waals surface area contributed by atoms with E-state index in [1.165, 1.54) is 71.6 Å². The molecule has 6 aromatic rings. The fourth-order valence-electron chi connectivity index (χ4n) is 6.55. The molecule has 38 heavy (non-hydrogen) atoms. The highest BCUT2D eigenvalue weighted by atomic mass is 79.9. The van der Waals surface area contributed by atoms with Gasteiger partial charge >= 0.3 is 0 Å². The van der Waals surface area contributed by atoms with Gasteiger partial charge in [0.2, 0.25) is 0 Å². The third-order valence-electron chi connectivity index (χ3n) is 8.39. The zero-order chi connectivity index (χ0) is 25.9. The van der Waals surface area contributed by atoms with E-state index in [2.05, 4.69) is 145 Å². The van der Waals surface area contributed by atoms with Crippen LogP contribution in [-0.4, -0.2) is 5.33 Å². The lowest BCUT2D eigenvalue weighted by Crippen LogP contribution is -2.15. The summed E-state index contributed by atoms with van der Waals surface area (Å²) >= 11 is 3.63. The number of aryl methyl sites for hydroxylation is 1. The molecule has 0 aliphatic heterocycles. The number of halogens is 1. The Kier molecular flexibility index (Phi) is 5.53. The molecule has 0 saturated carbocycles. The molecule has 6 aromatic carbocycles. The van der Waals surface area contributed by atoms with Crippen LogP contribution in [0.4, 0.5) is 0 Å². The second-order valence-electron chi connectivity index (χ2n) is 10.9. The van der Waals surface area contributed by atoms with Crippen LogP contribution < -0.4 is 0 Å². The largest absolute Gasteiger partial charge is 0.0924 e. The molecule has 0 spiro atoms. The van der Waals surface area contributed by atoms with Gasteiger partial charge in [-0.3, -0.25) is 0 Å². The number of hydrogen-bond acceptors (Lipinski definition) is 0. The molecule has 0 nitrogen and oxygen atoms in total. The van der Waals surface area contributed by atoms with Gasteiger partial charge < -0.3 is 0 Å². The predicted molar refractivity (Wildman–Crippen MR) is 167 cm³/mol. The Balaban J connectivity index is 1.65. The first-order valence-electron chi connectivity index (χ1n) is 13.4. The Bertz CT molecular complexity index is 1830. The van der Waals surface area contributed by atoms with Gasteiger partial charge in [-0.15, -0.1) is 0 Å². The minimum absolute atomic E-state index is 0.0618. The maximum atomic E-state index is 3.63. The molecule has 1 aliphatic rings. The Labute approximate surface area is 233 Å². The Morgan fingerprint density at radius 1 is 0.526 bits per heavy atom. The van der Waals surface area contributed by atoms with Crippen molar-refractivity contribution in [1.82, 2.24) is 0 Å². The average Bonchev–Trinajstić information content (AvgIpc) is 3.17. The normalized spacial score (nSPS) is 13.6. The number of rotatable bonds is 4.